The molecule has 1 aliphatic carbocycles. The van der Waals surface area contributed by atoms with Crippen molar-refractivity contribution in [2.24, 2.45) is 32.6 Å². The van der Waals surface area contributed by atoms with Crippen LogP contribution in [-0.4, -0.2) is 31.2 Å². The largest absolute Gasteiger partial charge is 0.381 e. The number of ether oxygens (including phenoxy) is 1. The molecule has 0 heterocycles. The molecule has 6 heteroatoms. The second-order valence-corrected chi connectivity index (χ2v) is 4.32. The highest BCUT2D eigenvalue weighted by atomic mass is 16.5. The van der Waals surface area contributed by atoms with Crippen molar-refractivity contribution in [3.05, 3.63) is 0 Å². The van der Waals surface area contributed by atoms with Crippen molar-refractivity contribution in [3.63, 3.8) is 0 Å². The minimum atomic E-state index is -0.0725. The van der Waals surface area contributed by atoms with Gasteiger partial charge >= 0.3 is 0 Å². The van der Waals surface area contributed by atoms with E-state index in [1.54, 1.807) is 7.11 Å². The molecule has 0 amide bonds. The molecule has 0 bridgehead atoms. The fourth-order valence-corrected chi connectivity index (χ4v) is 1.80. The van der Waals surface area contributed by atoms with Gasteiger partial charge in [-0.1, -0.05) is 13.8 Å². The van der Waals surface area contributed by atoms with Crippen LogP contribution in [0.4, 0.5) is 0 Å². The third kappa shape index (κ3) is 2.38. The van der Waals surface area contributed by atoms with Crippen LogP contribution >= 0.6 is 0 Å². The number of hydrogen-bond acceptors (Lipinski definition) is 2. The van der Waals surface area contributed by atoms with Gasteiger partial charge in [0.2, 0.25) is 5.96 Å². The van der Waals surface area contributed by atoms with Crippen LogP contribution in [0.5, 0.6) is 0 Å². The van der Waals surface area contributed by atoms with Crippen molar-refractivity contribution in [1.29, 1.82) is 0 Å². The van der Waals surface area contributed by atoms with E-state index in [0.29, 0.717) is 0 Å². The zero-order valence-electron chi connectivity index (χ0n) is 9.40. The molecule has 1 aliphatic rings. The van der Waals surface area contributed by atoms with Crippen LogP contribution in [0, 0.1) is 5.41 Å². The van der Waals surface area contributed by atoms with Crippen LogP contribution in [-0.2, 0) is 4.74 Å². The van der Waals surface area contributed by atoms with Crippen molar-refractivity contribution in [2.75, 3.05) is 7.11 Å². The monoisotopic (exact) mass is 213 g/mol. The smallest absolute Gasteiger partial charge is 0.218 e. The van der Waals surface area contributed by atoms with Crippen LogP contribution in [0.25, 0.3) is 0 Å². The molecule has 6 nitrogen and oxygen atoms in total. The number of guanidine groups is 2. The van der Waals surface area contributed by atoms with Crippen LogP contribution < -0.4 is 17.2 Å². The van der Waals surface area contributed by atoms with Gasteiger partial charge in [-0.2, -0.15) is 4.99 Å². The standard InChI is InChI=1S/C9H19N5O/c1-9(2)5(4-6(9)15-3)13-8(12)14-7(10)11/h5-6H,4H2,1-3H3,(H6,10,11,12,13,14). The summed E-state index contributed by atoms with van der Waals surface area (Å²) in [5.41, 5.74) is 15.9. The molecule has 2 unspecified atom stereocenters. The number of methoxy groups -OCH3 is 1. The maximum atomic E-state index is 5.55. The Morgan fingerprint density at radius 2 is 1.93 bits per heavy atom. The summed E-state index contributed by atoms with van der Waals surface area (Å²) in [6.45, 7) is 4.17. The van der Waals surface area contributed by atoms with Crippen LogP contribution in [0.2, 0.25) is 0 Å². The first-order valence-electron chi connectivity index (χ1n) is 4.83. The van der Waals surface area contributed by atoms with E-state index in [2.05, 4.69) is 23.8 Å². The summed E-state index contributed by atoms with van der Waals surface area (Å²) < 4.78 is 5.30. The van der Waals surface area contributed by atoms with Gasteiger partial charge in [0.15, 0.2) is 5.96 Å². The summed E-state index contributed by atoms with van der Waals surface area (Å²) >= 11 is 0. The number of hydrogen-bond donors (Lipinski definition) is 3. The lowest BCUT2D eigenvalue weighted by Crippen LogP contribution is -2.53. The van der Waals surface area contributed by atoms with Crippen LogP contribution in [0.15, 0.2) is 9.98 Å². The maximum absolute atomic E-state index is 5.55. The van der Waals surface area contributed by atoms with Gasteiger partial charge in [0.05, 0.1) is 12.1 Å². The average Bonchev–Trinajstić information content (AvgIpc) is 2.10. The Balaban J connectivity index is 2.66. The summed E-state index contributed by atoms with van der Waals surface area (Å²) in [6, 6.07) is 0.116. The number of rotatable bonds is 2. The molecule has 0 aliphatic heterocycles. The molecule has 6 N–H and O–H groups in total. The third-order valence-corrected chi connectivity index (χ3v) is 2.94. The quantitative estimate of drug-likeness (QED) is 0.419. The molecular formula is C9H19N5O. The zero-order chi connectivity index (χ0) is 11.6. The fraction of sp³-hybridized carbons (Fsp3) is 0.778. The molecule has 1 rings (SSSR count). The molecule has 2 atom stereocenters. The summed E-state index contributed by atoms with van der Waals surface area (Å²) in [5.74, 6) is 0.0549. The highest BCUT2D eigenvalue weighted by molar-refractivity contribution is 5.92. The Morgan fingerprint density at radius 3 is 2.33 bits per heavy atom. The Kier molecular flexibility index (Phi) is 3.18. The summed E-state index contributed by atoms with van der Waals surface area (Å²) in [7, 11) is 1.70. The van der Waals surface area contributed by atoms with Crippen LogP contribution in [0.1, 0.15) is 20.3 Å². The van der Waals surface area contributed by atoms with Crippen molar-refractivity contribution in [3.8, 4) is 0 Å². The second-order valence-electron chi connectivity index (χ2n) is 4.32. The average molecular weight is 213 g/mol. The Bertz CT molecular complexity index is 293. The Morgan fingerprint density at radius 1 is 1.33 bits per heavy atom. The Hall–Kier alpha value is -1.30. The lowest BCUT2D eigenvalue weighted by Gasteiger charge is -2.48. The van der Waals surface area contributed by atoms with Crippen molar-refractivity contribution in [2.45, 2.75) is 32.4 Å². The van der Waals surface area contributed by atoms with Crippen molar-refractivity contribution >= 4 is 11.9 Å². The number of nitrogens with zero attached hydrogens (tertiary/aromatic N) is 2. The highest BCUT2D eigenvalue weighted by Crippen LogP contribution is 2.44. The Labute approximate surface area is 89.6 Å². The van der Waals surface area contributed by atoms with Gasteiger partial charge in [-0.25, -0.2) is 4.99 Å². The zero-order valence-corrected chi connectivity index (χ0v) is 9.40. The van der Waals surface area contributed by atoms with E-state index >= 15 is 0 Å². The van der Waals surface area contributed by atoms with Gasteiger partial charge in [-0.3, -0.25) is 0 Å². The molecule has 1 fully saturated rings. The number of aliphatic imine (C=N–C) groups is 2. The highest BCUT2D eigenvalue weighted by Gasteiger charge is 2.48. The second kappa shape index (κ2) is 4.06. The molecule has 15 heavy (non-hydrogen) atoms. The summed E-state index contributed by atoms with van der Waals surface area (Å²) in [4.78, 5) is 7.92. The van der Waals surface area contributed by atoms with Gasteiger partial charge < -0.3 is 21.9 Å². The molecule has 0 aromatic heterocycles. The van der Waals surface area contributed by atoms with Gasteiger partial charge in [0.1, 0.15) is 0 Å². The molecule has 0 radical (unpaired) electrons. The molecule has 0 aromatic carbocycles. The van der Waals surface area contributed by atoms with Crippen molar-refractivity contribution in [1.82, 2.24) is 0 Å². The first-order chi connectivity index (χ1) is 6.87. The normalized spacial score (nSPS) is 29.4. The van der Waals surface area contributed by atoms with E-state index in [4.69, 9.17) is 21.9 Å². The first-order valence-corrected chi connectivity index (χ1v) is 4.83. The summed E-state index contributed by atoms with van der Waals surface area (Å²) in [5, 5.41) is 0. The molecule has 0 spiro atoms. The minimum absolute atomic E-state index is 0.0156. The van der Waals surface area contributed by atoms with E-state index in [1.165, 1.54) is 0 Å². The molecule has 0 saturated heterocycles. The topological polar surface area (TPSA) is 112 Å². The van der Waals surface area contributed by atoms with E-state index in [-0.39, 0.29) is 29.5 Å². The van der Waals surface area contributed by atoms with Gasteiger partial charge in [-0.05, 0) is 6.42 Å². The van der Waals surface area contributed by atoms with E-state index in [9.17, 15) is 0 Å². The predicted octanol–water partition coefficient (Wildman–Crippen LogP) is -0.612. The molecule has 1 saturated carbocycles. The third-order valence-electron chi connectivity index (χ3n) is 2.94. The van der Waals surface area contributed by atoms with E-state index in [1.807, 2.05) is 0 Å². The lowest BCUT2D eigenvalue weighted by atomic mass is 9.65. The van der Waals surface area contributed by atoms with E-state index in [0.717, 1.165) is 6.42 Å². The number of nitrogens with two attached hydrogens (primary N) is 3. The lowest BCUT2D eigenvalue weighted by molar-refractivity contribution is -0.0850. The fourth-order valence-electron chi connectivity index (χ4n) is 1.80. The van der Waals surface area contributed by atoms with Crippen LogP contribution in [0.3, 0.4) is 0 Å². The van der Waals surface area contributed by atoms with Gasteiger partial charge in [0.25, 0.3) is 0 Å². The first kappa shape index (κ1) is 11.8. The SMILES string of the molecule is COC1CC(N=C(N)N=C(N)N)C1(C)C. The molecule has 86 valence electrons. The van der Waals surface area contributed by atoms with Crippen molar-refractivity contribution < 1.29 is 4.74 Å². The molecular weight excluding hydrogens is 194 g/mol. The van der Waals surface area contributed by atoms with Gasteiger partial charge in [-0.15, -0.1) is 0 Å². The minimum Gasteiger partial charge on any atom is -0.381 e. The van der Waals surface area contributed by atoms with E-state index < -0.39 is 0 Å². The van der Waals surface area contributed by atoms with Gasteiger partial charge in [0, 0.05) is 12.5 Å². The summed E-state index contributed by atoms with van der Waals surface area (Å²) in [6.07, 6.45) is 1.07. The molecule has 0 aromatic rings. The maximum Gasteiger partial charge on any atom is 0.218 e. The predicted molar refractivity (Wildman–Crippen MR) is 60.4 cm³/mol.